The number of hydrogen-bond donors (Lipinski definition) is 1. The molecular formula is C10H17N3O2S. The second-order valence-electron chi connectivity index (χ2n) is 4.88. The molecule has 0 saturated heterocycles. The largest absolute Gasteiger partial charge is 0.481 e. The van der Waals surface area contributed by atoms with Gasteiger partial charge in [-0.05, 0) is 5.41 Å². The highest BCUT2D eigenvalue weighted by Gasteiger charge is 2.17. The van der Waals surface area contributed by atoms with Crippen molar-refractivity contribution in [3.63, 3.8) is 0 Å². The zero-order valence-corrected chi connectivity index (χ0v) is 10.8. The van der Waals surface area contributed by atoms with Gasteiger partial charge in [-0.3, -0.25) is 4.79 Å². The molecule has 1 rings (SSSR count). The SMILES string of the molecule is Cn1c(CC(C)(C)C)nnc1SCC(=O)O. The summed E-state index contributed by atoms with van der Waals surface area (Å²) in [4.78, 5) is 10.4. The van der Waals surface area contributed by atoms with Crippen molar-refractivity contribution in [3.8, 4) is 0 Å². The summed E-state index contributed by atoms with van der Waals surface area (Å²) in [7, 11) is 1.87. The Hall–Kier alpha value is -1.04. The molecule has 0 unspecified atom stereocenters. The fourth-order valence-corrected chi connectivity index (χ4v) is 1.88. The molecule has 5 nitrogen and oxygen atoms in total. The molecule has 1 heterocycles. The summed E-state index contributed by atoms with van der Waals surface area (Å²) in [5.41, 5.74) is 0.148. The third-order valence-corrected chi connectivity index (χ3v) is 2.94. The number of aliphatic carboxylic acids is 1. The molecule has 1 aromatic rings. The van der Waals surface area contributed by atoms with Gasteiger partial charge in [0.15, 0.2) is 5.16 Å². The third-order valence-electron chi connectivity index (χ3n) is 1.94. The number of hydrogen-bond acceptors (Lipinski definition) is 4. The highest BCUT2D eigenvalue weighted by Crippen LogP contribution is 2.22. The van der Waals surface area contributed by atoms with E-state index in [0.717, 1.165) is 12.2 Å². The standard InChI is InChI=1S/C10H17N3O2S/c1-10(2,3)5-7-11-12-9(13(7)4)16-6-8(14)15/h5-6H2,1-4H3,(H,14,15). The summed E-state index contributed by atoms with van der Waals surface area (Å²) >= 11 is 1.19. The first-order valence-corrected chi connectivity index (χ1v) is 6.01. The van der Waals surface area contributed by atoms with E-state index < -0.39 is 5.97 Å². The van der Waals surface area contributed by atoms with Crippen LogP contribution in [0.5, 0.6) is 0 Å². The van der Waals surface area contributed by atoms with Crippen LogP contribution in [-0.4, -0.2) is 31.6 Å². The summed E-state index contributed by atoms with van der Waals surface area (Å²) in [5.74, 6) is 0.0624. The van der Waals surface area contributed by atoms with Crippen molar-refractivity contribution in [2.45, 2.75) is 32.3 Å². The first kappa shape index (κ1) is 13.0. The predicted octanol–water partition coefficient (Wildman–Crippen LogP) is 1.58. The number of rotatable bonds is 4. The molecule has 6 heteroatoms. The van der Waals surface area contributed by atoms with Crippen molar-refractivity contribution in [2.75, 3.05) is 5.75 Å². The Balaban J connectivity index is 2.72. The van der Waals surface area contributed by atoms with Crippen molar-refractivity contribution in [1.82, 2.24) is 14.8 Å². The van der Waals surface area contributed by atoms with E-state index in [0.29, 0.717) is 5.16 Å². The average molecular weight is 243 g/mol. The van der Waals surface area contributed by atoms with Crippen LogP contribution in [0.2, 0.25) is 0 Å². The zero-order chi connectivity index (χ0) is 12.3. The topological polar surface area (TPSA) is 68.0 Å². The van der Waals surface area contributed by atoms with Crippen LogP contribution < -0.4 is 0 Å². The minimum atomic E-state index is -0.842. The quantitative estimate of drug-likeness (QED) is 0.813. The van der Waals surface area contributed by atoms with Crippen molar-refractivity contribution < 1.29 is 9.90 Å². The number of thioether (sulfide) groups is 1. The molecule has 0 aliphatic rings. The first-order chi connectivity index (χ1) is 7.29. The van der Waals surface area contributed by atoms with Crippen LogP contribution in [0.25, 0.3) is 0 Å². The molecule has 0 radical (unpaired) electrons. The summed E-state index contributed by atoms with van der Waals surface area (Å²) in [6.07, 6.45) is 0.824. The van der Waals surface area contributed by atoms with Crippen molar-refractivity contribution in [3.05, 3.63) is 5.82 Å². The molecule has 0 amide bonds. The van der Waals surface area contributed by atoms with Crippen LogP contribution in [0.15, 0.2) is 5.16 Å². The second kappa shape index (κ2) is 4.86. The van der Waals surface area contributed by atoms with Gasteiger partial charge in [-0.25, -0.2) is 0 Å². The maximum absolute atomic E-state index is 10.4. The van der Waals surface area contributed by atoms with Crippen LogP contribution in [0, 0.1) is 5.41 Å². The Bertz CT molecular complexity index is 382. The van der Waals surface area contributed by atoms with Gasteiger partial charge < -0.3 is 9.67 Å². The third kappa shape index (κ3) is 3.84. The molecule has 16 heavy (non-hydrogen) atoms. The Morgan fingerprint density at radius 1 is 1.44 bits per heavy atom. The number of carboxylic acids is 1. The van der Waals surface area contributed by atoms with Gasteiger partial charge in [-0.1, -0.05) is 32.5 Å². The second-order valence-corrected chi connectivity index (χ2v) is 5.82. The highest BCUT2D eigenvalue weighted by molar-refractivity contribution is 7.99. The van der Waals surface area contributed by atoms with E-state index in [4.69, 9.17) is 5.11 Å². The Morgan fingerprint density at radius 2 is 2.06 bits per heavy atom. The van der Waals surface area contributed by atoms with Gasteiger partial charge in [0.25, 0.3) is 0 Å². The normalized spacial score (nSPS) is 11.8. The lowest BCUT2D eigenvalue weighted by atomic mass is 9.92. The lowest BCUT2D eigenvalue weighted by Crippen LogP contribution is -2.13. The van der Waals surface area contributed by atoms with E-state index in [1.807, 2.05) is 11.6 Å². The summed E-state index contributed by atoms with van der Waals surface area (Å²) in [5, 5.41) is 17.3. The molecule has 1 aromatic heterocycles. The highest BCUT2D eigenvalue weighted by atomic mass is 32.2. The molecule has 0 aromatic carbocycles. The maximum Gasteiger partial charge on any atom is 0.313 e. The summed E-state index contributed by atoms with van der Waals surface area (Å²) in [6.45, 7) is 6.39. The molecular weight excluding hydrogens is 226 g/mol. The smallest absolute Gasteiger partial charge is 0.313 e. The van der Waals surface area contributed by atoms with Gasteiger partial charge in [0.1, 0.15) is 5.82 Å². The van der Waals surface area contributed by atoms with Crippen LogP contribution in [0.3, 0.4) is 0 Å². The Labute approximate surface area is 99.3 Å². The first-order valence-electron chi connectivity index (χ1n) is 5.02. The molecule has 1 N–H and O–H groups in total. The van der Waals surface area contributed by atoms with Gasteiger partial charge in [-0.2, -0.15) is 0 Å². The minimum Gasteiger partial charge on any atom is -0.481 e. The Kier molecular flexibility index (Phi) is 3.96. The lowest BCUT2D eigenvalue weighted by Gasteiger charge is -2.16. The van der Waals surface area contributed by atoms with Crippen LogP contribution >= 0.6 is 11.8 Å². The van der Waals surface area contributed by atoms with Crippen LogP contribution in [0.1, 0.15) is 26.6 Å². The average Bonchev–Trinajstić information content (AvgIpc) is 2.43. The van der Waals surface area contributed by atoms with Gasteiger partial charge in [-0.15, -0.1) is 10.2 Å². The number of aromatic nitrogens is 3. The van der Waals surface area contributed by atoms with E-state index in [9.17, 15) is 4.79 Å². The fourth-order valence-electron chi connectivity index (χ4n) is 1.23. The number of carboxylic acid groups (broad SMARTS) is 1. The molecule has 0 bridgehead atoms. The minimum absolute atomic E-state index is 0.0154. The van der Waals surface area contributed by atoms with E-state index in [-0.39, 0.29) is 11.2 Å². The van der Waals surface area contributed by atoms with E-state index in [1.54, 1.807) is 0 Å². The molecule has 0 fully saturated rings. The van der Waals surface area contributed by atoms with Gasteiger partial charge in [0, 0.05) is 13.5 Å². The number of carbonyl (C=O) groups is 1. The molecule has 0 spiro atoms. The molecule has 0 atom stereocenters. The van der Waals surface area contributed by atoms with E-state index in [1.165, 1.54) is 11.8 Å². The molecule has 0 aliphatic carbocycles. The lowest BCUT2D eigenvalue weighted by molar-refractivity contribution is -0.133. The monoisotopic (exact) mass is 243 g/mol. The zero-order valence-electron chi connectivity index (χ0n) is 10.0. The van der Waals surface area contributed by atoms with Gasteiger partial charge in [0.05, 0.1) is 5.75 Å². The molecule has 0 saturated carbocycles. The molecule has 0 aliphatic heterocycles. The van der Waals surface area contributed by atoms with Crippen LogP contribution in [0.4, 0.5) is 0 Å². The van der Waals surface area contributed by atoms with Crippen LogP contribution in [-0.2, 0) is 18.3 Å². The number of nitrogens with zero attached hydrogens (tertiary/aromatic N) is 3. The fraction of sp³-hybridized carbons (Fsp3) is 0.700. The van der Waals surface area contributed by atoms with E-state index >= 15 is 0 Å². The van der Waals surface area contributed by atoms with E-state index in [2.05, 4.69) is 31.0 Å². The van der Waals surface area contributed by atoms with Gasteiger partial charge in [0.2, 0.25) is 0 Å². The van der Waals surface area contributed by atoms with Crippen molar-refractivity contribution >= 4 is 17.7 Å². The van der Waals surface area contributed by atoms with Crippen molar-refractivity contribution in [2.24, 2.45) is 12.5 Å². The predicted molar refractivity (Wildman–Crippen MR) is 62.5 cm³/mol. The van der Waals surface area contributed by atoms with Gasteiger partial charge >= 0.3 is 5.97 Å². The van der Waals surface area contributed by atoms with Crippen molar-refractivity contribution in [1.29, 1.82) is 0 Å². The molecule has 90 valence electrons. The maximum atomic E-state index is 10.4. The summed E-state index contributed by atoms with van der Waals surface area (Å²) < 4.78 is 1.86. The summed E-state index contributed by atoms with van der Waals surface area (Å²) in [6, 6.07) is 0. The Morgan fingerprint density at radius 3 is 2.56 bits per heavy atom.